The SMILES string of the molecule is Nc1c(S(=O)c2ccccc2)cc2ccccn12. The summed E-state index contributed by atoms with van der Waals surface area (Å²) in [4.78, 5) is 1.42. The number of pyridine rings is 1. The quantitative estimate of drug-likeness (QED) is 0.766. The standard InChI is InChI=1S/C14H12N2OS/c15-14-13(10-11-6-4-5-9-16(11)14)18(17)12-7-2-1-3-8-12/h1-10H,15H2. The Bertz CT molecular complexity index is 719. The molecule has 0 bridgehead atoms. The molecular weight excluding hydrogens is 244 g/mol. The highest BCUT2D eigenvalue weighted by molar-refractivity contribution is 7.85. The molecule has 1 unspecified atom stereocenters. The van der Waals surface area contributed by atoms with Crippen LogP contribution in [0.5, 0.6) is 0 Å². The Labute approximate surface area is 107 Å². The highest BCUT2D eigenvalue weighted by Gasteiger charge is 2.14. The second-order valence-corrected chi connectivity index (χ2v) is 5.42. The number of anilines is 1. The molecule has 18 heavy (non-hydrogen) atoms. The van der Waals surface area contributed by atoms with E-state index in [-0.39, 0.29) is 0 Å². The van der Waals surface area contributed by atoms with Crippen molar-refractivity contribution in [3.8, 4) is 0 Å². The highest BCUT2D eigenvalue weighted by atomic mass is 32.2. The third-order valence-corrected chi connectivity index (χ3v) is 4.27. The first kappa shape index (κ1) is 11.0. The number of nitrogen functional groups attached to an aromatic ring is 1. The molecule has 0 fully saturated rings. The van der Waals surface area contributed by atoms with E-state index < -0.39 is 10.8 Å². The number of aromatic nitrogens is 1. The molecular formula is C14H12N2OS. The molecule has 0 aliphatic heterocycles. The van der Waals surface area contributed by atoms with E-state index in [2.05, 4.69) is 0 Å². The Morgan fingerprint density at radius 1 is 1.00 bits per heavy atom. The minimum Gasteiger partial charge on any atom is -0.384 e. The van der Waals surface area contributed by atoms with Crippen LogP contribution in [0.3, 0.4) is 0 Å². The molecule has 0 spiro atoms. The molecule has 0 radical (unpaired) electrons. The van der Waals surface area contributed by atoms with Crippen LogP contribution < -0.4 is 5.73 Å². The molecule has 1 aromatic carbocycles. The number of rotatable bonds is 2. The van der Waals surface area contributed by atoms with E-state index in [1.54, 1.807) is 0 Å². The molecule has 2 heterocycles. The van der Waals surface area contributed by atoms with Crippen molar-refractivity contribution in [2.45, 2.75) is 9.79 Å². The van der Waals surface area contributed by atoms with Gasteiger partial charge in [0.05, 0.1) is 15.7 Å². The Hall–Kier alpha value is -2.07. The first-order valence-corrected chi connectivity index (χ1v) is 6.75. The molecule has 3 nitrogen and oxygen atoms in total. The lowest BCUT2D eigenvalue weighted by atomic mass is 10.4. The smallest absolute Gasteiger partial charge is 0.124 e. The predicted octanol–water partition coefficient (Wildman–Crippen LogP) is 2.69. The van der Waals surface area contributed by atoms with Gasteiger partial charge in [-0.25, -0.2) is 4.21 Å². The van der Waals surface area contributed by atoms with E-state index in [0.29, 0.717) is 10.7 Å². The van der Waals surface area contributed by atoms with E-state index in [9.17, 15) is 4.21 Å². The van der Waals surface area contributed by atoms with Gasteiger partial charge in [-0.3, -0.25) is 0 Å². The Morgan fingerprint density at radius 3 is 2.44 bits per heavy atom. The summed E-state index contributed by atoms with van der Waals surface area (Å²) in [5.41, 5.74) is 7.00. The van der Waals surface area contributed by atoms with Crippen LogP contribution in [0, 0.1) is 0 Å². The largest absolute Gasteiger partial charge is 0.384 e. The molecule has 0 saturated heterocycles. The third-order valence-electron chi connectivity index (χ3n) is 2.84. The van der Waals surface area contributed by atoms with Crippen LogP contribution in [0.2, 0.25) is 0 Å². The van der Waals surface area contributed by atoms with Gasteiger partial charge in [0, 0.05) is 16.6 Å². The minimum atomic E-state index is -1.24. The van der Waals surface area contributed by atoms with Crippen LogP contribution in [-0.2, 0) is 10.8 Å². The molecule has 0 aliphatic rings. The van der Waals surface area contributed by atoms with Gasteiger partial charge in [-0.2, -0.15) is 0 Å². The van der Waals surface area contributed by atoms with Gasteiger partial charge in [0.15, 0.2) is 0 Å². The molecule has 3 rings (SSSR count). The van der Waals surface area contributed by atoms with Gasteiger partial charge in [0.2, 0.25) is 0 Å². The molecule has 2 N–H and O–H groups in total. The van der Waals surface area contributed by atoms with Gasteiger partial charge >= 0.3 is 0 Å². The van der Waals surface area contributed by atoms with Crippen molar-refractivity contribution in [2.24, 2.45) is 0 Å². The van der Waals surface area contributed by atoms with Crippen LogP contribution in [0.1, 0.15) is 0 Å². The Kier molecular flexibility index (Phi) is 2.64. The van der Waals surface area contributed by atoms with Crippen LogP contribution in [0.4, 0.5) is 5.82 Å². The zero-order valence-electron chi connectivity index (χ0n) is 9.61. The van der Waals surface area contributed by atoms with Crippen LogP contribution >= 0.6 is 0 Å². The zero-order chi connectivity index (χ0) is 12.5. The zero-order valence-corrected chi connectivity index (χ0v) is 10.4. The first-order valence-electron chi connectivity index (χ1n) is 5.60. The molecule has 4 heteroatoms. The lowest BCUT2D eigenvalue weighted by molar-refractivity contribution is 0.683. The van der Waals surface area contributed by atoms with Crippen molar-refractivity contribution >= 4 is 22.1 Å². The molecule has 1 atom stereocenters. The predicted molar refractivity (Wildman–Crippen MR) is 72.9 cm³/mol. The minimum absolute atomic E-state index is 0.535. The molecule has 3 aromatic rings. The summed E-state index contributed by atoms with van der Waals surface area (Å²) in [6.45, 7) is 0. The average molecular weight is 256 g/mol. The normalized spacial score (nSPS) is 12.7. The Morgan fingerprint density at radius 2 is 1.72 bits per heavy atom. The van der Waals surface area contributed by atoms with Gasteiger partial charge in [-0.1, -0.05) is 24.3 Å². The number of hydrogen-bond acceptors (Lipinski definition) is 2. The highest BCUT2D eigenvalue weighted by Crippen LogP contribution is 2.25. The third kappa shape index (κ3) is 1.71. The lowest BCUT2D eigenvalue weighted by Crippen LogP contribution is -1.98. The van der Waals surface area contributed by atoms with Gasteiger partial charge in [0.25, 0.3) is 0 Å². The molecule has 0 aliphatic carbocycles. The fourth-order valence-corrected chi connectivity index (χ4v) is 3.11. The van der Waals surface area contributed by atoms with Crippen molar-refractivity contribution in [1.29, 1.82) is 0 Å². The van der Waals surface area contributed by atoms with Crippen molar-refractivity contribution in [3.05, 3.63) is 60.8 Å². The van der Waals surface area contributed by atoms with E-state index in [0.717, 1.165) is 10.4 Å². The second kappa shape index (κ2) is 4.31. The van der Waals surface area contributed by atoms with Crippen molar-refractivity contribution in [2.75, 3.05) is 5.73 Å². The summed E-state index contributed by atoms with van der Waals surface area (Å²) in [6, 6.07) is 17.0. The maximum absolute atomic E-state index is 12.5. The van der Waals surface area contributed by atoms with Crippen molar-refractivity contribution in [3.63, 3.8) is 0 Å². The van der Waals surface area contributed by atoms with Gasteiger partial charge in [0.1, 0.15) is 5.82 Å². The topological polar surface area (TPSA) is 47.5 Å². The van der Waals surface area contributed by atoms with E-state index in [1.165, 1.54) is 0 Å². The second-order valence-electron chi connectivity index (χ2n) is 3.97. The summed E-state index contributed by atoms with van der Waals surface area (Å²) < 4.78 is 14.3. The van der Waals surface area contributed by atoms with Crippen molar-refractivity contribution < 1.29 is 4.21 Å². The summed E-state index contributed by atoms with van der Waals surface area (Å²) in [7, 11) is -1.24. The fraction of sp³-hybridized carbons (Fsp3) is 0. The fourth-order valence-electron chi connectivity index (χ4n) is 1.94. The Balaban J connectivity index is 2.15. The van der Waals surface area contributed by atoms with E-state index in [1.807, 2.05) is 65.2 Å². The van der Waals surface area contributed by atoms with E-state index in [4.69, 9.17) is 5.73 Å². The van der Waals surface area contributed by atoms with Gasteiger partial charge < -0.3 is 10.1 Å². The number of hydrogen-bond donors (Lipinski definition) is 1. The van der Waals surface area contributed by atoms with Crippen molar-refractivity contribution in [1.82, 2.24) is 4.40 Å². The average Bonchev–Trinajstić information content (AvgIpc) is 2.77. The molecule has 2 aromatic heterocycles. The lowest BCUT2D eigenvalue weighted by Gasteiger charge is -2.01. The number of nitrogens with two attached hydrogens (primary N) is 1. The van der Waals surface area contributed by atoms with Crippen LogP contribution in [0.15, 0.2) is 70.6 Å². The molecule has 90 valence electrons. The van der Waals surface area contributed by atoms with Crippen LogP contribution in [0.25, 0.3) is 5.52 Å². The summed E-state index contributed by atoms with van der Waals surface area (Å²) in [6.07, 6.45) is 1.87. The van der Waals surface area contributed by atoms with Crippen LogP contribution in [-0.4, -0.2) is 8.61 Å². The summed E-state index contributed by atoms with van der Waals surface area (Å²) >= 11 is 0. The van der Waals surface area contributed by atoms with Gasteiger partial charge in [-0.05, 0) is 30.3 Å². The summed E-state index contributed by atoms with van der Waals surface area (Å²) in [5.74, 6) is 0.535. The van der Waals surface area contributed by atoms with Gasteiger partial charge in [-0.15, -0.1) is 0 Å². The monoisotopic (exact) mass is 256 g/mol. The molecule has 0 amide bonds. The van der Waals surface area contributed by atoms with E-state index >= 15 is 0 Å². The maximum Gasteiger partial charge on any atom is 0.124 e. The number of benzene rings is 1. The molecule has 0 saturated carbocycles. The maximum atomic E-state index is 12.5. The summed E-state index contributed by atoms with van der Waals surface area (Å²) in [5, 5.41) is 0. The number of fused-ring (bicyclic) bond motifs is 1. The number of nitrogens with zero attached hydrogens (tertiary/aromatic N) is 1. The first-order chi connectivity index (χ1) is 8.77.